The quantitative estimate of drug-likeness (QED) is 0.727. The number of imidazole rings is 1. The van der Waals surface area contributed by atoms with Crippen molar-refractivity contribution in [1.29, 1.82) is 0 Å². The average Bonchev–Trinajstić information content (AvgIpc) is 3.04. The Kier molecular flexibility index (Phi) is 4.60. The summed E-state index contributed by atoms with van der Waals surface area (Å²) in [6.07, 6.45) is 0.496. The summed E-state index contributed by atoms with van der Waals surface area (Å²) in [6, 6.07) is 15.1. The van der Waals surface area contributed by atoms with E-state index in [4.69, 9.17) is 4.74 Å². The molecule has 2 heterocycles. The van der Waals surface area contributed by atoms with Crippen LogP contribution in [0, 0.1) is 6.92 Å². The van der Waals surface area contributed by atoms with E-state index in [1.165, 1.54) is 0 Å². The summed E-state index contributed by atoms with van der Waals surface area (Å²) in [5.74, 6) is -0.641. The van der Waals surface area contributed by atoms with E-state index in [2.05, 4.69) is 10.3 Å². The van der Waals surface area contributed by atoms with E-state index in [9.17, 15) is 14.7 Å². The number of aryl methyl sites for hydroxylation is 1. The van der Waals surface area contributed by atoms with Crippen molar-refractivity contribution in [2.24, 2.45) is 0 Å². The van der Waals surface area contributed by atoms with Crippen molar-refractivity contribution in [3.8, 4) is 5.69 Å². The zero-order valence-electron chi connectivity index (χ0n) is 15.5. The molecule has 0 radical (unpaired) electrons. The third-order valence-electron chi connectivity index (χ3n) is 5.21. The predicted molar refractivity (Wildman–Crippen MR) is 104 cm³/mol. The lowest BCUT2D eigenvalue weighted by atomic mass is 9.89. The number of carbonyl (C=O) groups excluding carboxylic acids is 1. The van der Waals surface area contributed by atoms with E-state index in [1.54, 1.807) is 12.1 Å². The van der Waals surface area contributed by atoms with Gasteiger partial charge in [0.15, 0.2) is 0 Å². The van der Waals surface area contributed by atoms with Gasteiger partial charge >= 0.3 is 5.97 Å². The maximum Gasteiger partial charge on any atom is 0.329 e. The van der Waals surface area contributed by atoms with Crippen LogP contribution in [0.1, 0.15) is 29.0 Å². The number of rotatable bonds is 4. The third-order valence-corrected chi connectivity index (χ3v) is 5.21. The average molecular weight is 379 g/mol. The van der Waals surface area contributed by atoms with Crippen molar-refractivity contribution >= 4 is 22.9 Å². The number of fused-ring (bicyclic) bond motifs is 1. The molecule has 0 atom stereocenters. The summed E-state index contributed by atoms with van der Waals surface area (Å²) in [5.41, 5.74) is 1.66. The molecule has 1 saturated heterocycles. The van der Waals surface area contributed by atoms with Gasteiger partial charge in [-0.05, 0) is 37.3 Å². The van der Waals surface area contributed by atoms with E-state index in [-0.39, 0.29) is 12.8 Å². The van der Waals surface area contributed by atoms with E-state index < -0.39 is 17.4 Å². The Morgan fingerprint density at radius 3 is 2.54 bits per heavy atom. The van der Waals surface area contributed by atoms with Crippen LogP contribution in [0.2, 0.25) is 0 Å². The molecule has 0 unspecified atom stereocenters. The molecule has 2 N–H and O–H groups in total. The predicted octanol–water partition coefficient (Wildman–Crippen LogP) is 2.70. The van der Waals surface area contributed by atoms with Crippen LogP contribution in [0.5, 0.6) is 0 Å². The molecular weight excluding hydrogens is 358 g/mol. The van der Waals surface area contributed by atoms with E-state index in [0.717, 1.165) is 17.0 Å². The molecule has 144 valence electrons. The number of nitrogens with zero attached hydrogens (tertiary/aromatic N) is 2. The number of hydrogen-bond acceptors (Lipinski definition) is 4. The molecule has 0 saturated carbocycles. The standard InChI is InChI=1S/C21H21N3O4/c1-14-22-17-13-15(7-8-18(17)24(14)16-5-3-2-4-6-16)19(25)23-21(20(26)27)9-11-28-12-10-21/h2-8,13H,9-12H2,1H3,(H,23,25)(H,26,27). The van der Waals surface area contributed by atoms with Gasteiger partial charge in [0, 0.05) is 37.3 Å². The van der Waals surface area contributed by atoms with Crippen LogP contribution in [0.3, 0.4) is 0 Å². The fourth-order valence-corrected chi connectivity index (χ4v) is 3.65. The molecule has 4 rings (SSSR count). The van der Waals surface area contributed by atoms with Gasteiger partial charge in [-0.25, -0.2) is 9.78 Å². The van der Waals surface area contributed by atoms with Crippen LogP contribution in [-0.2, 0) is 9.53 Å². The van der Waals surface area contributed by atoms with Crippen LogP contribution in [-0.4, -0.2) is 45.3 Å². The normalized spacial score (nSPS) is 16.0. The van der Waals surface area contributed by atoms with Gasteiger partial charge in [-0.15, -0.1) is 0 Å². The summed E-state index contributed by atoms with van der Waals surface area (Å²) < 4.78 is 7.27. The molecular formula is C21H21N3O4. The third kappa shape index (κ3) is 3.14. The molecule has 1 aliphatic heterocycles. The Balaban J connectivity index is 1.67. The lowest BCUT2D eigenvalue weighted by molar-refractivity contribution is -0.148. The molecule has 3 aromatic rings. The molecule has 1 aromatic heterocycles. The summed E-state index contributed by atoms with van der Waals surface area (Å²) >= 11 is 0. The van der Waals surface area contributed by atoms with Gasteiger partial charge in [0.05, 0.1) is 11.0 Å². The molecule has 0 spiro atoms. The Hall–Kier alpha value is -3.19. The van der Waals surface area contributed by atoms with E-state index >= 15 is 0 Å². The zero-order chi connectivity index (χ0) is 19.7. The minimum Gasteiger partial charge on any atom is -0.480 e. The number of carbonyl (C=O) groups is 2. The van der Waals surface area contributed by atoms with Gasteiger partial charge in [-0.3, -0.25) is 9.36 Å². The monoisotopic (exact) mass is 379 g/mol. The van der Waals surface area contributed by atoms with Crippen molar-refractivity contribution < 1.29 is 19.4 Å². The van der Waals surface area contributed by atoms with Crippen molar-refractivity contribution in [3.63, 3.8) is 0 Å². The second-order valence-electron chi connectivity index (χ2n) is 6.99. The van der Waals surface area contributed by atoms with E-state index in [1.807, 2.05) is 47.9 Å². The summed E-state index contributed by atoms with van der Waals surface area (Å²) in [5, 5.41) is 12.3. The minimum atomic E-state index is -1.29. The van der Waals surface area contributed by atoms with Gasteiger partial charge in [0.2, 0.25) is 0 Å². The Morgan fingerprint density at radius 2 is 1.86 bits per heavy atom. The van der Waals surface area contributed by atoms with Crippen molar-refractivity contribution in [2.45, 2.75) is 25.3 Å². The Morgan fingerprint density at radius 1 is 1.14 bits per heavy atom. The first-order valence-electron chi connectivity index (χ1n) is 9.18. The second-order valence-corrected chi connectivity index (χ2v) is 6.99. The van der Waals surface area contributed by atoms with Crippen LogP contribution in [0.4, 0.5) is 0 Å². The fraction of sp³-hybridized carbons (Fsp3) is 0.286. The molecule has 0 bridgehead atoms. The Labute approximate surface area is 162 Å². The smallest absolute Gasteiger partial charge is 0.329 e. The maximum absolute atomic E-state index is 12.8. The van der Waals surface area contributed by atoms with Gasteiger partial charge < -0.3 is 15.2 Å². The number of carboxylic acid groups (broad SMARTS) is 1. The first-order valence-corrected chi connectivity index (χ1v) is 9.18. The van der Waals surface area contributed by atoms with Gasteiger partial charge in [-0.2, -0.15) is 0 Å². The molecule has 0 aliphatic carbocycles. The highest BCUT2D eigenvalue weighted by atomic mass is 16.5. The fourth-order valence-electron chi connectivity index (χ4n) is 3.65. The van der Waals surface area contributed by atoms with Crippen molar-refractivity contribution in [1.82, 2.24) is 14.9 Å². The van der Waals surface area contributed by atoms with Crippen LogP contribution in [0.15, 0.2) is 48.5 Å². The topological polar surface area (TPSA) is 93.5 Å². The highest BCUT2D eigenvalue weighted by Crippen LogP contribution is 2.24. The molecule has 7 nitrogen and oxygen atoms in total. The molecule has 1 aliphatic rings. The number of ether oxygens (including phenoxy) is 1. The van der Waals surface area contributed by atoms with Gasteiger partial charge in [-0.1, -0.05) is 18.2 Å². The lowest BCUT2D eigenvalue weighted by Crippen LogP contribution is -2.57. The van der Waals surface area contributed by atoms with E-state index in [0.29, 0.717) is 24.3 Å². The number of aromatic nitrogens is 2. The van der Waals surface area contributed by atoms with Crippen LogP contribution in [0.25, 0.3) is 16.7 Å². The Bertz CT molecular complexity index is 1040. The molecule has 1 fully saturated rings. The minimum absolute atomic E-state index is 0.248. The maximum atomic E-state index is 12.8. The van der Waals surface area contributed by atoms with Gasteiger partial charge in [0.25, 0.3) is 5.91 Å². The number of hydrogen-bond donors (Lipinski definition) is 2. The second kappa shape index (κ2) is 7.09. The number of para-hydroxylation sites is 1. The molecule has 2 aromatic carbocycles. The summed E-state index contributed by atoms with van der Waals surface area (Å²) in [6.45, 7) is 2.53. The number of nitrogens with one attached hydrogen (secondary N) is 1. The largest absolute Gasteiger partial charge is 0.480 e. The highest BCUT2D eigenvalue weighted by Gasteiger charge is 2.41. The lowest BCUT2D eigenvalue weighted by Gasteiger charge is -2.33. The number of amides is 1. The molecule has 28 heavy (non-hydrogen) atoms. The number of benzene rings is 2. The zero-order valence-corrected chi connectivity index (χ0v) is 15.5. The number of aliphatic carboxylic acids is 1. The number of carboxylic acids is 1. The molecule has 7 heteroatoms. The highest BCUT2D eigenvalue weighted by molar-refractivity contribution is 6.00. The first kappa shape index (κ1) is 18.2. The first-order chi connectivity index (χ1) is 13.5. The SMILES string of the molecule is Cc1nc2cc(C(=O)NC3(C(=O)O)CCOCC3)ccc2n1-c1ccccc1. The summed E-state index contributed by atoms with van der Waals surface area (Å²) in [4.78, 5) is 29.1. The van der Waals surface area contributed by atoms with Crippen molar-refractivity contribution in [2.75, 3.05) is 13.2 Å². The molecule has 1 amide bonds. The van der Waals surface area contributed by atoms with Gasteiger partial charge in [0.1, 0.15) is 11.4 Å². The van der Waals surface area contributed by atoms with Crippen LogP contribution < -0.4 is 5.32 Å². The van der Waals surface area contributed by atoms with Crippen LogP contribution >= 0.6 is 0 Å². The summed E-state index contributed by atoms with van der Waals surface area (Å²) in [7, 11) is 0. The van der Waals surface area contributed by atoms with Crippen molar-refractivity contribution in [3.05, 3.63) is 59.9 Å².